The predicted molar refractivity (Wildman–Crippen MR) is 74.6 cm³/mol. The highest BCUT2D eigenvalue weighted by molar-refractivity contribution is 6.06. The lowest BCUT2D eigenvalue weighted by Gasteiger charge is -2.10. The van der Waals surface area contributed by atoms with Crippen molar-refractivity contribution in [2.75, 3.05) is 5.73 Å². The number of nitrogen functional groups attached to an aromatic ring is 1. The second-order valence-corrected chi connectivity index (χ2v) is 4.95. The van der Waals surface area contributed by atoms with Gasteiger partial charge >= 0.3 is 0 Å². The maximum absolute atomic E-state index is 5.71. The lowest BCUT2D eigenvalue weighted by Crippen LogP contribution is -2.03. The molecule has 92 valence electrons. The second-order valence-electron chi connectivity index (χ2n) is 4.95. The van der Waals surface area contributed by atoms with E-state index in [-0.39, 0.29) is 0 Å². The molecule has 0 atom stereocenters. The summed E-state index contributed by atoms with van der Waals surface area (Å²) in [5.41, 5.74) is 9.06. The molecule has 0 aliphatic heterocycles. The fraction of sp³-hybridized carbons (Fsp3) is 0.286. The summed E-state index contributed by atoms with van der Waals surface area (Å²) in [5, 5.41) is 2.25. The van der Waals surface area contributed by atoms with Crippen LogP contribution in [0.25, 0.3) is 21.9 Å². The van der Waals surface area contributed by atoms with Gasteiger partial charge in [-0.1, -0.05) is 12.1 Å². The Morgan fingerprint density at radius 2 is 2.00 bits per heavy atom. The van der Waals surface area contributed by atoms with E-state index in [1.54, 1.807) is 0 Å². The van der Waals surface area contributed by atoms with Crippen LogP contribution in [-0.4, -0.2) is 14.5 Å². The van der Waals surface area contributed by atoms with Crippen molar-refractivity contribution in [3.05, 3.63) is 30.0 Å². The highest BCUT2D eigenvalue weighted by Gasteiger charge is 2.14. The van der Waals surface area contributed by atoms with Gasteiger partial charge in [0.2, 0.25) is 5.95 Å². The highest BCUT2D eigenvalue weighted by Crippen LogP contribution is 2.31. The number of aromatic nitrogens is 3. The minimum absolute atomic E-state index is 0.323. The molecule has 0 amide bonds. The number of hydrogen-bond acceptors (Lipinski definition) is 3. The number of rotatable bonds is 1. The van der Waals surface area contributed by atoms with Gasteiger partial charge in [-0.15, -0.1) is 0 Å². The maximum Gasteiger partial charge on any atom is 0.221 e. The lowest BCUT2D eigenvalue weighted by atomic mass is 10.1. The van der Waals surface area contributed by atoms with E-state index >= 15 is 0 Å². The van der Waals surface area contributed by atoms with Gasteiger partial charge in [0.1, 0.15) is 5.65 Å². The summed E-state index contributed by atoms with van der Waals surface area (Å²) in [6, 6.07) is 6.77. The van der Waals surface area contributed by atoms with Gasteiger partial charge in [0, 0.05) is 23.0 Å². The minimum Gasteiger partial charge on any atom is -0.368 e. The van der Waals surface area contributed by atoms with Crippen molar-refractivity contribution in [3.63, 3.8) is 0 Å². The Morgan fingerprint density at radius 3 is 2.72 bits per heavy atom. The molecule has 18 heavy (non-hydrogen) atoms. The van der Waals surface area contributed by atoms with Crippen molar-refractivity contribution < 1.29 is 0 Å². The lowest BCUT2D eigenvalue weighted by molar-refractivity contribution is 0.637. The Bertz CT molecular complexity index is 681. The number of nitrogens with two attached hydrogens (primary N) is 1. The Labute approximate surface area is 105 Å². The molecule has 2 heterocycles. The number of hydrogen-bond donors (Lipinski definition) is 1. The minimum atomic E-state index is 0.323. The molecule has 0 fully saturated rings. The number of benzene rings is 1. The van der Waals surface area contributed by atoms with Gasteiger partial charge in [-0.25, -0.2) is 4.98 Å². The molecule has 3 rings (SSSR count). The monoisotopic (exact) mass is 240 g/mol. The molecular weight excluding hydrogens is 224 g/mol. The van der Waals surface area contributed by atoms with Crippen LogP contribution in [0.4, 0.5) is 5.95 Å². The van der Waals surface area contributed by atoms with Crippen molar-refractivity contribution in [1.82, 2.24) is 14.5 Å². The van der Waals surface area contributed by atoms with E-state index in [0.29, 0.717) is 12.0 Å². The smallest absolute Gasteiger partial charge is 0.221 e. The van der Waals surface area contributed by atoms with Crippen LogP contribution < -0.4 is 5.73 Å². The molecule has 1 aromatic carbocycles. The molecule has 0 aliphatic carbocycles. The van der Waals surface area contributed by atoms with Crippen LogP contribution in [0.3, 0.4) is 0 Å². The van der Waals surface area contributed by atoms with E-state index in [2.05, 4.69) is 53.5 Å². The van der Waals surface area contributed by atoms with Gasteiger partial charge in [-0.2, -0.15) is 4.98 Å². The maximum atomic E-state index is 5.71. The molecule has 4 heteroatoms. The molecule has 0 spiro atoms. The van der Waals surface area contributed by atoms with E-state index < -0.39 is 0 Å². The molecule has 0 unspecified atom stereocenters. The van der Waals surface area contributed by atoms with Gasteiger partial charge in [0.05, 0.1) is 5.52 Å². The standard InChI is InChI=1S/C14H16N4/c1-8(2)18-12-6-9(3)4-5-10(12)11-7-16-14(15)17-13(11)18/h4-8H,1-3H3,(H2,15,16,17). The first-order chi connectivity index (χ1) is 8.58. The Morgan fingerprint density at radius 1 is 1.22 bits per heavy atom. The predicted octanol–water partition coefficient (Wildman–Crippen LogP) is 3.06. The van der Waals surface area contributed by atoms with E-state index in [1.165, 1.54) is 16.5 Å². The molecule has 2 aromatic heterocycles. The fourth-order valence-corrected chi connectivity index (χ4v) is 2.47. The SMILES string of the molecule is Cc1ccc2c3cnc(N)nc3n(C(C)C)c2c1. The summed E-state index contributed by atoms with van der Waals surface area (Å²) in [5.74, 6) is 0.323. The number of fused-ring (bicyclic) bond motifs is 3. The van der Waals surface area contributed by atoms with Crippen molar-refractivity contribution in [1.29, 1.82) is 0 Å². The molecule has 3 aromatic rings. The molecule has 0 bridgehead atoms. The average molecular weight is 240 g/mol. The van der Waals surface area contributed by atoms with Crippen molar-refractivity contribution in [2.24, 2.45) is 0 Å². The van der Waals surface area contributed by atoms with Gasteiger partial charge in [-0.05, 0) is 32.4 Å². The zero-order chi connectivity index (χ0) is 12.9. The van der Waals surface area contributed by atoms with Crippen LogP contribution >= 0.6 is 0 Å². The van der Waals surface area contributed by atoms with Gasteiger partial charge in [-0.3, -0.25) is 0 Å². The molecule has 0 saturated carbocycles. The quantitative estimate of drug-likeness (QED) is 0.711. The zero-order valence-corrected chi connectivity index (χ0v) is 10.8. The first kappa shape index (κ1) is 11.0. The number of nitrogens with zero attached hydrogens (tertiary/aromatic N) is 3. The van der Waals surface area contributed by atoms with Gasteiger partial charge in [0.25, 0.3) is 0 Å². The van der Waals surface area contributed by atoms with Crippen LogP contribution in [-0.2, 0) is 0 Å². The molecule has 4 nitrogen and oxygen atoms in total. The summed E-state index contributed by atoms with van der Waals surface area (Å²) in [6.45, 7) is 6.40. The Kier molecular flexibility index (Phi) is 2.26. The Balaban J connectivity index is 2.56. The molecule has 0 aliphatic rings. The number of anilines is 1. The molecule has 0 radical (unpaired) electrons. The third kappa shape index (κ3) is 1.45. The zero-order valence-electron chi connectivity index (χ0n) is 10.8. The summed E-state index contributed by atoms with van der Waals surface area (Å²) in [7, 11) is 0. The van der Waals surface area contributed by atoms with E-state index in [4.69, 9.17) is 5.73 Å². The first-order valence-electron chi connectivity index (χ1n) is 6.10. The van der Waals surface area contributed by atoms with Crippen molar-refractivity contribution in [3.8, 4) is 0 Å². The highest BCUT2D eigenvalue weighted by atomic mass is 15.1. The Hall–Kier alpha value is -2.10. The van der Waals surface area contributed by atoms with E-state index in [9.17, 15) is 0 Å². The molecule has 2 N–H and O–H groups in total. The van der Waals surface area contributed by atoms with Crippen molar-refractivity contribution >= 4 is 27.9 Å². The second kappa shape index (κ2) is 3.70. The van der Waals surface area contributed by atoms with Crippen LogP contribution in [0, 0.1) is 6.92 Å². The normalized spacial score (nSPS) is 11.8. The number of aryl methyl sites for hydroxylation is 1. The van der Waals surface area contributed by atoms with Crippen LogP contribution in [0.1, 0.15) is 25.5 Å². The third-order valence-corrected chi connectivity index (χ3v) is 3.23. The third-order valence-electron chi connectivity index (χ3n) is 3.23. The van der Waals surface area contributed by atoms with Crippen LogP contribution in [0.15, 0.2) is 24.4 Å². The van der Waals surface area contributed by atoms with Crippen LogP contribution in [0.5, 0.6) is 0 Å². The fourth-order valence-electron chi connectivity index (χ4n) is 2.47. The summed E-state index contributed by atoms with van der Waals surface area (Å²) >= 11 is 0. The van der Waals surface area contributed by atoms with Crippen molar-refractivity contribution in [2.45, 2.75) is 26.8 Å². The topological polar surface area (TPSA) is 56.7 Å². The summed E-state index contributed by atoms with van der Waals surface area (Å²) < 4.78 is 2.22. The van der Waals surface area contributed by atoms with Gasteiger partial charge < -0.3 is 10.3 Å². The first-order valence-corrected chi connectivity index (χ1v) is 6.10. The summed E-state index contributed by atoms with van der Waals surface area (Å²) in [4.78, 5) is 8.50. The molecular formula is C14H16N4. The van der Waals surface area contributed by atoms with Crippen LogP contribution in [0.2, 0.25) is 0 Å². The largest absolute Gasteiger partial charge is 0.368 e. The molecule has 0 saturated heterocycles. The van der Waals surface area contributed by atoms with E-state index in [1.807, 2.05) is 6.20 Å². The average Bonchev–Trinajstić information content (AvgIpc) is 2.60. The summed E-state index contributed by atoms with van der Waals surface area (Å²) in [6.07, 6.45) is 1.81. The van der Waals surface area contributed by atoms with E-state index in [0.717, 1.165) is 11.0 Å². The van der Waals surface area contributed by atoms with Gasteiger partial charge in [0.15, 0.2) is 0 Å².